The molecule has 1 rings (SSSR count). The monoisotopic (exact) mass is 167 g/mol. The van der Waals surface area contributed by atoms with Gasteiger partial charge < -0.3 is 11.4 Å². The van der Waals surface area contributed by atoms with Gasteiger partial charge in [0.15, 0.2) is 0 Å². The molecule has 0 bridgehead atoms. The molecule has 0 unspecified atom stereocenters. The minimum Gasteiger partial charge on any atom is -1.00 e. The fourth-order valence-electron chi connectivity index (χ4n) is 1.03. The van der Waals surface area contributed by atoms with Gasteiger partial charge in [0.2, 0.25) is 5.91 Å². The smallest absolute Gasteiger partial charge is 1.00 e. The Bertz CT molecular complexity index is 176. The third-order valence-electron chi connectivity index (χ3n) is 1.50. The zero-order valence-electron chi connectivity index (χ0n) is 7.54. The summed E-state index contributed by atoms with van der Waals surface area (Å²) in [6.07, 6.45) is 1.30. The van der Waals surface area contributed by atoms with Crippen LogP contribution in [-0.4, -0.2) is 35.0 Å². The number of hydrogen-bond acceptors (Lipinski definition) is 2. The van der Waals surface area contributed by atoms with Gasteiger partial charge in [-0.15, -0.1) is 0 Å². The summed E-state index contributed by atoms with van der Waals surface area (Å²) in [5, 5.41) is 8.30. The number of carbonyl (C=O) groups excluding carboxylic acids is 1. The Balaban J connectivity index is 0. The maximum Gasteiger partial charge on any atom is 1.00 e. The number of carboxylic acid groups (broad SMARTS) is 1. The number of amides is 1. The quantitative estimate of drug-likeness (QED) is 0.441. The maximum absolute atomic E-state index is 10.8. The number of likely N-dealkylation sites (tertiary alicyclic amines) is 1. The van der Waals surface area contributed by atoms with E-state index in [0.717, 1.165) is 6.42 Å². The molecule has 1 N–H and O–H groups in total. The van der Waals surface area contributed by atoms with Crippen molar-refractivity contribution in [3.8, 4) is 0 Å². The minimum atomic E-state index is -0.935. The Kier molecular flexibility index (Phi) is 4.72. The molecule has 0 aromatic carbocycles. The second-order valence-corrected chi connectivity index (χ2v) is 2.31. The second-order valence-electron chi connectivity index (χ2n) is 2.31. The maximum atomic E-state index is 10.8. The van der Waals surface area contributed by atoms with Gasteiger partial charge in [-0.1, -0.05) is 0 Å². The fraction of sp³-hybridized carbons (Fsp3) is 0.667. The first-order chi connectivity index (χ1) is 4.70. The molecule has 1 fully saturated rings. The van der Waals surface area contributed by atoms with E-state index in [-0.39, 0.29) is 43.4 Å². The Labute approximate surface area is 88.3 Å². The van der Waals surface area contributed by atoms with Crippen LogP contribution in [0.15, 0.2) is 0 Å². The van der Waals surface area contributed by atoms with E-state index in [9.17, 15) is 9.59 Å². The van der Waals surface area contributed by atoms with Crippen molar-refractivity contribution in [2.75, 3.05) is 13.1 Å². The number of hydrogen-bond donors (Lipinski definition) is 1. The third kappa shape index (κ3) is 3.22. The first-order valence-corrected chi connectivity index (χ1v) is 3.20. The standard InChI is InChI=1S/C6H9NO3.Na.H/c8-5-2-1-3-7(5)4-6(9)10;;/h1-4H2,(H,9,10);;/q;+1;-1. The van der Waals surface area contributed by atoms with Crippen LogP contribution in [0.1, 0.15) is 14.3 Å². The number of nitrogens with zero attached hydrogens (tertiary/aromatic N) is 1. The van der Waals surface area contributed by atoms with Crippen LogP contribution in [0, 0.1) is 0 Å². The second kappa shape index (κ2) is 4.74. The molecule has 1 heterocycles. The van der Waals surface area contributed by atoms with Crippen molar-refractivity contribution in [2.24, 2.45) is 0 Å². The van der Waals surface area contributed by atoms with Crippen LogP contribution in [0.2, 0.25) is 0 Å². The van der Waals surface area contributed by atoms with Crippen molar-refractivity contribution < 1.29 is 45.7 Å². The average Bonchev–Trinajstić information content (AvgIpc) is 2.15. The SMILES string of the molecule is O=C(O)CN1CCCC1=O.[H-].[Na+]. The van der Waals surface area contributed by atoms with Crippen molar-refractivity contribution in [1.82, 2.24) is 4.90 Å². The zero-order valence-corrected chi connectivity index (χ0v) is 8.54. The van der Waals surface area contributed by atoms with Gasteiger partial charge >= 0.3 is 35.5 Å². The van der Waals surface area contributed by atoms with E-state index in [1.807, 2.05) is 0 Å². The van der Waals surface area contributed by atoms with Crippen LogP contribution in [0.4, 0.5) is 0 Å². The molecule has 1 aliphatic rings. The Morgan fingerprint density at radius 2 is 2.36 bits per heavy atom. The summed E-state index contributed by atoms with van der Waals surface area (Å²) < 4.78 is 0. The van der Waals surface area contributed by atoms with Crippen LogP contribution in [-0.2, 0) is 9.59 Å². The average molecular weight is 167 g/mol. The molecule has 58 valence electrons. The van der Waals surface area contributed by atoms with Gasteiger partial charge in [-0.25, -0.2) is 0 Å². The molecule has 0 atom stereocenters. The topological polar surface area (TPSA) is 57.6 Å². The minimum absolute atomic E-state index is 0. The Hall–Kier alpha value is -0.0600. The summed E-state index contributed by atoms with van der Waals surface area (Å²) in [6.45, 7) is 0.462. The predicted octanol–water partition coefficient (Wildman–Crippen LogP) is -3.19. The molecular formula is C6H10NNaO3. The van der Waals surface area contributed by atoms with E-state index in [2.05, 4.69) is 0 Å². The van der Waals surface area contributed by atoms with Crippen LogP contribution in [0.5, 0.6) is 0 Å². The first-order valence-electron chi connectivity index (χ1n) is 3.20. The molecule has 11 heavy (non-hydrogen) atoms. The molecule has 1 saturated heterocycles. The van der Waals surface area contributed by atoms with E-state index >= 15 is 0 Å². The van der Waals surface area contributed by atoms with Gasteiger partial charge in [0.1, 0.15) is 6.54 Å². The molecule has 1 amide bonds. The van der Waals surface area contributed by atoms with Gasteiger partial charge in [0, 0.05) is 13.0 Å². The van der Waals surface area contributed by atoms with E-state index in [1.165, 1.54) is 4.90 Å². The fourth-order valence-corrected chi connectivity index (χ4v) is 1.03. The molecule has 1 aliphatic heterocycles. The predicted molar refractivity (Wildman–Crippen MR) is 34.6 cm³/mol. The van der Waals surface area contributed by atoms with Crippen molar-refractivity contribution in [3.05, 3.63) is 0 Å². The van der Waals surface area contributed by atoms with Gasteiger partial charge in [-0.05, 0) is 6.42 Å². The van der Waals surface area contributed by atoms with Crippen molar-refractivity contribution >= 4 is 11.9 Å². The van der Waals surface area contributed by atoms with E-state index in [0.29, 0.717) is 13.0 Å². The summed E-state index contributed by atoms with van der Waals surface area (Å²) in [4.78, 5) is 22.2. The number of aliphatic carboxylic acids is 1. The molecule has 0 aromatic rings. The van der Waals surface area contributed by atoms with Gasteiger partial charge in [0.05, 0.1) is 0 Å². The molecular weight excluding hydrogens is 157 g/mol. The summed E-state index contributed by atoms with van der Waals surface area (Å²) in [6, 6.07) is 0. The normalized spacial score (nSPS) is 16.4. The van der Waals surface area contributed by atoms with Crippen LogP contribution < -0.4 is 29.6 Å². The number of carboxylic acids is 1. The van der Waals surface area contributed by atoms with E-state index in [4.69, 9.17) is 5.11 Å². The van der Waals surface area contributed by atoms with Crippen molar-refractivity contribution in [1.29, 1.82) is 0 Å². The van der Waals surface area contributed by atoms with Crippen LogP contribution in [0.25, 0.3) is 0 Å². The third-order valence-corrected chi connectivity index (χ3v) is 1.50. The van der Waals surface area contributed by atoms with E-state index < -0.39 is 5.97 Å². The summed E-state index contributed by atoms with van der Waals surface area (Å²) >= 11 is 0. The van der Waals surface area contributed by atoms with Crippen molar-refractivity contribution in [3.63, 3.8) is 0 Å². The molecule has 0 aliphatic carbocycles. The molecule has 0 radical (unpaired) electrons. The molecule has 0 spiro atoms. The molecule has 5 heteroatoms. The number of rotatable bonds is 2. The summed E-state index contributed by atoms with van der Waals surface area (Å²) in [5.41, 5.74) is 0. The van der Waals surface area contributed by atoms with Crippen molar-refractivity contribution in [2.45, 2.75) is 12.8 Å². The van der Waals surface area contributed by atoms with Crippen LogP contribution >= 0.6 is 0 Å². The molecule has 0 saturated carbocycles. The molecule has 4 nitrogen and oxygen atoms in total. The number of carbonyl (C=O) groups is 2. The van der Waals surface area contributed by atoms with Gasteiger partial charge in [-0.2, -0.15) is 0 Å². The molecule has 0 aromatic heterocycles. The van der Waals surface area contributed by atoms with Gasteiger partial charge in [0.25, 0.3) is 0 Å². The van der Waals surface area contributed by atoms with Crippen LogP contribution in [0.3, 0.4) is 0 Å². The zero-order chi connectivity index (χ0) is 7.56. The van der Waals surface area contributed by atoms with Gasteiger partial charge in [-0.3, -0.25) is 9.59 Å². The largest absolute Gasteiger partial charge is 1.00 e. The first kappa shape index (κ1) is 10.9. The Morgan fingerprint density at radius 1 is 1.73 bits per heavy atom. The Morgan fingerprint density at radius 3 is 2.73 bits per heavy atom. The van der Waals surface area contributed by atoms with E-state index in [1.54, 1.807) is 0 Å². The summed E-state index contributed by atoms with van der Waals surface area (Å²) in [7, 11) is 0. The summed E-state index contributed by atoms with van der Waals surface area (Å²) in [5.74, 6) is -0.974.